The van der Waals surface area contributed by atoms with E-state index in [2.05, 4.69) is 33.0 Å². The summed E-state index contributed by atoms with van der Waals surface area (Å²) in [5, 5.41) is 2.75. The Morgan fingerprint density at radius 3 is 2.56 bits per heavy atom. The fraction of sp³-hybridized carbons (Fsp3) is 0.500. The molecule has 0 spiro atoms. The third-order valence-corrected chi connectivity index (χ3v) is 3.28. The number of nitrogens with two attached hydrogens (primary N) is 1. The minimum Gasteiger partial charge on any atom is -0.399 e. The SMILES string of the molecule is CC(CNC(=O)c1ccc(N)cc1F)C(C)(C)C. The molecule has 18 heavy (non-hydrogen) atoms. The smallest absolute Gasteiger partial charge is 0.254 e. The Labute approximate surface area is 108 Å². The van der Waals surface area contributed by atoms with E-state index >= 15 is 0 Å². The van der Waals surface area contributed by atoms with Crippen molar-refractivity contribution in [3.8, 4) is 0 Å². The van der Waals surface area contributed by atoms with E-state index in [0.29, 0.717) is 18.2 Å². The fourth-order valence-electron chi connectivity index (χ4n) is 1.36. The van der Waals surface area contributed by atoms with Crippen LogP contribution in [0, 0.1) is 17.2 Å². The second-order valence-corrected chi connectivity index (χ2v) is 5.72. The Bertz CT molecular complexity index is 438. The molecule has 1 amide bonds. The van der Waals surface area contributed by atoms with Gasteiger partial charge in [0.2, 0.25) is 0 Å². The average molecular weight is 252 g/mol. The maximum atomic E-state index is 13.5. The quantitative estimate of drug-likeness (QED) is 0.813. The predicted octanol–water partition coefficient (Wildman–Crippen LogP) is 2.82. The first-order valence-corrected chi connectivity index (χ1v) is 6.05. The molecule has 0 aliphatic heterocycles. The van der Waals surface area contributed by atoms with Crippen LogP contribution in [-0.4, -0.2) is 12.5 Å². The van der Waals surface area contributed by atoms with E-state index in [4.69, 9.17) is 5.73 Å². The molecule has 0 radical (unpaired) electrons. The summed E-state index contributed by atoms with van der Waals surface area (Å²) >= 11 is 0. The van der Waals surface area contributed by atoms with E-state index < -0.39 is 11.7 Å². The van der Waals surface area contributed by atoms with E-state index in [0.717, 1.165) is 6.07 Å². The van der Waals surface area contributed by atoms with Crippen molar-refractivity contribution in [1.29, 1.82) is 0 Å². The lowest BCUT2D eigenvalue weighted by molar-refractivity contribution is 0.0933. The molecular weight excluding hydrogens is 231 g/mol. The van der Waals surface area contributed by atoms with Gasteiger partial charge in [-0.15, -0.1) is 0 Å². The summed E-state index contributed by atoms with van der Waals surface area (Å²) in [4.78, 5) is 11.8. The van der Waals surface area contributed by atoms with Crippen LogP contribution in [0.2, 0.25) is 0 Å². The predicted molar refractivity (Wildman–Crippen MR) is 71.8 cm³/mol. The number of carbonyl (C=O) groups is 1. The highest BCUT2D eigenvalue weighted by Gasteiger charge is 2.21. The molecular formula is C14H21FN2O. The van der Waals surface area contributed by atoms with Crippen molar-refractivity contribution in [3.63, 3.8) is 0 Å². The third-order valence-electron chi connectivity index (χ3n) is 3.28. The topological polar surface area (TPSA) is 55.1 Å². The first-order chi connectivity index (χ1) is 8.21. The van der Waals surface area contributed by atoms with Crippen molar-refractivity contribution in [2.45, 2.75) is 27.7 Å². The zero-order chi connectivity index (χ0) is 13.9. The second-order valence-electron chi connectivity index (χ2n) is 5.72. The highest BCUT2D eigenvalue weighted by atomic mass is 19.1. The van der Waals surface area contributed by atoms with Crippen LogP contribution in [0.15, 0.2) is 18.2 Å². The van der Waals surface area contributed by atoms with Crippen LogP contribution in [0.25, 0.3) is 0 Å². The van der Waals surface area contributed by atoms with Gasteiger partial charge in [-0.1, -0.05) is 27.7 Å². The minimum atomic E-state index is -0.587. The molecule has 3 N–H and O–H groups in total. The lowest BCUT2D eigenvalue weighted by Crippen LogP contribution is -2.34. The molecule has 0 aliphatic rings. The maximum Gasteiger partial charge on any atom is 0.254 e. The normalized spacial score (nSPS) is 13.2. The monoisotopic (exact) mass is 252 g/mol. The van der Waals surface area contributed by atoms with E-state index in [1.54, 1.807) is 0 Å². The first kappa shape index (κ1) is 14.5. The zero-order valence-electron chi connectivity index (χ0n) is 11.4. The molecule has 0 aliphatic carbocycles. The summed E-state index contributed by atoms with van der Waals surface area (Å²) in [5.41, 5.74) is 5.88. The highest BCUT2D eigenvalue weighted by molar-refractivity contribution is 5.94. The maximum absolute atomic E-state index is 13.5. The summed E-state index contributed by atoms with van der Waals surface area (Å²) in [6.07, 6.45) is 0. The molecule has 0 bridgehead atoms. The van der Waals surface area contributed by atoms with Crippen LogP contribution >= 0.6 is 0 Å². The Balaban J connectivity index is 2.66. The molecule has 1 rings (SSSR count). The van der Waals surface area contributed by atoms with Crippen LogP contribution in [0.3, 0.4) is 0 Å². The van der Waals surface area contributed by atoms with Crippen molar-refractivity contribution >= 4 is 11.6 Å². The molecule has 100 valence electrons. The summed E-state index contributed by atoms with van der Waals surface area (Å²) in [6, 6.07) is 4.08. The Morgan fingerprint density at radius 2 is 2.06 bits per heavy atom. The fourth-order valence-corrected chi connectivity index (χ4v) is 1.36. The standard InChI is InChI=1S/C14H21FN2O/c1-9(14(2,3)4)8-17-13(18)11-6-5-10(16)7-12(11)15/h5-7,9H,8,16H2,1-4H3,(H,17,18). The third kappa shape index (κ3) is 3.72. The number of carbonyl (C=O) groups excluding carboxylic acids is 1. The molecule has 1 atom stereocenters. The van der Waals surface area contributed by atoms with Gasteiger partial charge >= 0.3 is 0 Å². The highest BCUT2D eigenvalue weighted by Crippen LogP contribution is 2.24. The summed E-state index contributed by atoms with van der Waals surface area (Å²) in [7, 11) is 0. The molecule has 0 aromatic heterocycles. The van der Waals surface area contributed by atoms with Crippen molar-refractivity contribution in [1.82, 2.24) is 5.32 Å². The molecule has 1 unspecified atom stereocenters. The Morgan fingerprint density at radius 1 is 1.44 bits per heavy atom. The number of anilines is 1. The van der Waals surface area contributed by atoms with Crippen LogP contribution in [0.4, 0.5) is 10.1 Å². The molecule has 4 heteroatoms. The molecule has 0 saturated carbocycles. The number of hydrogen-bond acceptors (Lipinski definition) is 2. The van der Waals surface area contributed by atoms with Crippen LogP contribution < -0.4 is 11.1 Å². The summed E-state index contributed by atoms with van der Waals surface area (Å²) in [6.45, 7) is 8.89. The van der Waals surface area contributed by atoms with Gasteiger partial charge in [-0.3, -0.25) is 4.79 Å². The van der Waals surface area contributed by atoms with E-state index in [1.807, 2.05) is 0 Å². The Hall–Kier alpha value is -1.58. The average Bonchev–Trinajstić information content (AvgIpc) is 2.24. The molecule has 0 heterocycles. The zero-order valence-corrected chi connectivity index (χ0v) is 11.4. The van der Waals surface area contributed by atoms with Gasteiger partial charge in [0.25, 0.3) is 5.91 Å². The summed E-state index contributed by atoms with van der Waals surface area (Å²) < 4.78 is 13.5. The van der Waals surface area contributed by atoms with Gasteiger partial charge in [0.15, 0.2) is 0 Å². The Kier molecular flexibility index (Phi) is 4.33. The van der Waals surface area contributed by atoms with Crippen LogP contribution in [0.1, 0.15) is 38.1 Å². The van der Waals surface area contributed by atoms with E-state index in [-0.39, 0.29) is 11.0 Å². The number of rotatable bonds is 3. The van der Waals surface area contributed by atoms with Gasteiger partial charge in [0.05, 0.1) is 5.56 Å². The number of benzene rings is 1. The van der Waals surface area contributed by atoms with Crippen molar-refractivity contribution in [2.75, 3.05) is 12.3 Å². The molecule has 3 nitrogen and oxygen atoms in total. The van der Waals surface area contributed by atoms with Crippen LogP contribution in [0.5, 0.6) is 0 Å². The van der Waals surface area contributed by atoms with Crippen molar-refractivity contribution in [2.24, 2.45) is 11.3 Å². The van der Waals surface area contributed by atoms with Crippen molar-refractivity contribution < 1.29 is 9.18 Å². The second kappa shape index (κ2) is 5.38. The van der Waals surface area contributed by atoms with Gasteiger partial charge in [-0.25, -0.2) is 4.39 Å². The van der Waals surface area contributed by atoms with Gasteiger partial charge in [-0.2, -0.15) is 0 Å². The van der Waals surface area contributed by atoms with E-state index in [9.17, 15) is 9.18 Å². The first-order valence-electron chi connectivity index (χ1n) is 6.05. The summed E-state index contributed by atoms with van der Waals surface area (Å²) in [5.74, 6) is -0.683. The molecule has 0 saturated heterocycles. The van der Waals surface area contributed by atoms with Gasteiger partial charge in [-0.05, 0) is 29.5 Å². The lowest BCUT2D eigenvalue weighted by atomic mass is 9.82. The van der Waals surface area contributed by atoms with Crippen LogP contribution in [-0.2, 0) is 0 Å². The van der Waals surface area contributed by atoms with E-state index in [1.165, 1.54) is 12.1 Å². The number of nitrogen functional groups attached to an aromatic ring is 1. The molecule has 0 fully saturated rings. The lowest BCUT2D eigenvalue weighted by Gasteiger charge is -2.27. The number of amides is 1. The molecule has 1 aromatic rings. The molecule has 1 aromatic carbocycles. The number of halogens is 1. The van der Waals surface area contributed by atoms with Gasteiger partial charge in [0.1, 0.15) is 5.82 Å². The van der Waals surface area contributed by atoms with Crippen molar-refractivity contribution in [3.05, 3.63) is 29.6 Å². The largest absolute Gasteiger partial charge is 0.399 e. The minimum absolute atomic E-state index is 0.0327. The van der Waals surface area contributed by atoms with Gasteiger partial charge < -0.3 is 11.1 Å². The number of nitrogens with one attached hydrogen (secondary N) is 1. The number of hydrogen-bond donors (Lipinski definition) is 2. The van der Waals surface area contributed by atoms with Gasteiger partial charge in [0, 0.05) is 12.2 Å².